The van der Waals surface area contributed by atoms with Gasteiger partial charge >= 0.3 is 0 Å². The van der Waals surface area contributed by atoms with Crippen LogP contribution in [0, 0.1) is 0 Å². The van der Waals surface area contributed by atoms with Crippen LogP contribution in [0.2, 0.25) is 0 Å². The molecule has 1 unspecified atom stereocenters. The molecule has 3 aliphatic rings. The summed E-state index contributed by atoms with van der Waals surface area (Å²) < 4.78 is 0. The van der Waals surface area contributed by atoms with Gasteiger partial charge in [0.15, 0.2) is 0 Å². The molecule has 0 aromatic heterocycles. The van der Waals surface area contributed by atoms with Gasteiger partial charge in [0.05, 0.1) is 5.69 Å². The molecule has 0 fully saturated rings. The summed E-state index contributed by atoms with van der Waals surface area (Å²) in [7, 11) is 0. The number of H-pyrrole nitrogens is 1. The van der Waals surface area contributed by atoms with Crippen molar-refractivity contribution in [2.75, 3.05) is 0 Å². The summed E-state index contributed by atoms with van der Waals surface area (Å²) in [6.45, 7) is 3.93. The molecule has 5 N–H and O–H groups in total. The Morgan fingerprint density at radius 3 is 2.89 bits per heavy atom. The number of hydrogen-bond acceptors (Lipinski definition) is 5. The molecule has 6 nitrogen and oxygen atoms in total. The minimum atomic E-state index is -0.464. The average molecular weight is 256 g/mol. The minimum absolute atomic E-state index is 0.464. The molecule has 0 amide bonds. The molecule has 3 rings (SSSR count). The molecule has 0 aromatic carbocycles. The summed E-state index contributed by atoms with van der Waals surface area (Å²) in [4.78, 5) is 4.31. The highest BCUT2D eigenvalue weighted by Gasteiger charge is 2.30. The van der Waals surface area contributed by atoms with Crippen LogP contribution in [0.5, 0.6) is 0 Å². The second-order valence-electron chi connectivity index (χ2n) is 5.21. The van der Waals surface area contributed by atoms with Gasteiger partial charge in [0.2, 0.25) is 0 Å². The lowest BCUT2D eigenvalue weighted by molar-refractivity contribution is 0.552. The van der Waals surface area contributed by atoms with Crippen molar-refractivity contribution < 1.29 is 0 Å². The van der Waals surface area contributed by atoms with Crippen LogP contribution in [-0.4, -0.2) is 25.9 Å². The summed E-state index contributed by atoms with van der Waals surface area (Å²) >= 11 is 0. The van der Waals surface area contributed by atoms with E-state index in [9.17, 15) is 0 Å². The quantitative estimate of drug-likeness (QED) is 0.706. The zero-order valence-electron chi connectivity index (χ0n) is 10.9. The van der Waals surface area contributed by atoms with Gasteiger partial charge in [-0.2, -0.15) is 0 Å². The largest absolute Gasteiger partial charge is 0.399 e. The van der Waals surface area contributed by atoms with E-state index < -0.39 is 5.54 Å². The molecule has 2 aliphatic heterocycles. The van der Waals surface area contributed by atoms with Crippen molar-refractivity contribution >= 4 is 5.57 Å². The highest BCUT2D eigenvalue weighted by atomic mass is 15.3. The molecule has 0 aromatic rings. The molecule has 6 heteroatoms. The molecule has 98 valence electrons. The summed E-state index contributed by atoms with van der Waals surface area (Å²) in [5.41, 5.74) is 16.9. The van der Waals surface area contributed by atoms with E-state index >= 15 is 0 Å². The fraction of sp³-hybridized carbons (Fsp3) is 0.308. The normalized spacial score (nSPS) is 23.8. The first-order valence-electron chi connectivity index (χ1n) is 6.11. The molecule has 19 heavy (non-hydrogen) atoms. The highest BCUT2D eigenvalue weighted by Crippen LogP contribution is 2.36. The molecular weight excluding hydrogens is 240 g/mol. The van der Waals surface area contributed by atoms with Crippen molar-refractivity contribution in [3.63, 3.8) is 0 Å². The van der Waals surface area contributed by atoms with E-state index in [0.29, 0.717) is 12.1 Å². The number of allylic oxidation sites excluding steroid dienone is 1. The van der Waals surface area contributed by atoms with E-state index in [1.807, 2.05) is 26.0 Å². The first kappa shape index (κ1) is 11.9. The Morgan fingerprint density at radius 2 is 2.16 bits per heavy atom. The third-order valence-electron chi connectivity index (χ3n) is 3.73. The number of nitrogens with two attached hydrogens (primary N) is 2. The lowest BCUT2D eigenvalue weighted by Gasteiger charge is -2.31. The molecule has 0 radical (unpaired) electrons. The van der Waals surface area contributed by atoms with Crippen LogP contribution < -0.4 is 11.5 Å². The van der Waals surface area contributed by atoms with Crippen molar-refractivity contribution in [3.05, 3.63) is 35.3 Å². The fourth-order valence-electron chi connectivity index (χ4n) is 2.36. The van der Waals surface area contributed by atoms with Crippen LogP contribution in [0.3, 0.4) is 0 Å². The van der Waals surface area contributed by atoms with Crippen LogP contribution in [0.25, 0.3) is 17.0 Å². The van der Waals surface area contributed by atoms with E-state index in [0.717, 1.165) is 28.2 Å². The first-order chi connectivity index (χ1) is 8.99. The fourth-order valence-corrected chi connectivity index (χ4v) is 2.36. The van der Waals surface area contributed by atoms with Gasteiger partial charge in [0.25, 0.3) is 0 Å². The number of hydrogen-bond donors (Lipinski definition) is 3. The second kappa shape index (κ2) is 3.89. The second-order valence-corrected chi connectivity index (χ2v) is 5.21. The SMILES string of the molecule is CC1=C(N)C=C(c2nn[nH]c3ccnc2-3)CC1(C)N. The Kier molecular flexibility index (Phi) is 2.43. The van der Waals surface area contributed by atoms with Crippen LogP contribution in [0.4, 0.5) is 0 Å². The van der Waals surface area contributed by atoms with Gasteiger partial charge in [-0.3, -0.25) is 10.1 Å². The molecule has 2 heterocycles. The average Bonchev–Trinajstić information content (AvgIpc) is 2.83. The monoisotopic (exact) mass is 256 g/mol. The Bertz CT molecular complexity index is 664. The summed E-state index contributed by atoms with van der Waals surface area (Å²) in [5, 5.41) is 10.9. The predicted molar refractivity (Wildman–Crippen MR) is 72.9 cm³/mol. The van der Waals surface area contributed by atoms with Gasteiger partial charge in [-0.15, -0.1) is 5.10 Å². The maximum absolute atomic E-state index is 6.30. The predicted octanol–water partition coefficient (Wildman–Crippen LogP) is 1.04. The van der Waals surface area contributed by atoms with Crippen molar-refractivity contribution in [1.29, 1.82) is 0 Å². The van der Waals surface area contributed by atoms with E-state index in [2.05, 4.69) is 20.4 Å². The lowest BCUT2D eigenvalue weighted by Crippen LogP contribution is -2.41. The summed E-state index contributed by atoms with van der Waals surface area (Å²) in [5.74, 6) is 0. The van der Waals surface area contributed by atoms with E-state index in [1.165, 1.54) is 0 Å². The smallest absolute Gasteiger partial charge is 0.119 e. The number of aromatic amines is 1. The van der Waals surface area contributed by atoms with E-state index in [4.69, 9.17) is 11.5 Å². The van der Waals surface area contributed by atoms with Gasteiger partial charge in [-0.1, -0.05) is 5.21 Å². The third kappa shape index (κ3) is 1.80. The Hall–Kier alpha value is -2.21. The van der Waals surface area contributed by atoms with Crippen molar-refractivity contribution in [3.8, 4) is 11.4 Å². The Balaban J connectivity index is 2.14. The molecule has 0 bridgehead atoms. The topological polar surface area (TPSA) is 106 Å². The number of nitrogens with one attached hydrogen (secondary N) is 1. The van der Waals surface area contributed by atoms with E-state index in [-0.39, 0.29) is 0 Å². The van der Waals surface area contributed by atoms with E-state index in [1.54, 1.807) is 6.20 Å². The molecule has 1 aliphatic carbocycles. The maximum Gasteiger partial charge on any atom is 0.119 e. The lowest BCUT2D eigenvalue weighted by atomic mass is 9.80. The maximum atomic E-state index is 6.30. The van der Waals surface area contributed by atoms with Crippen molar-refractivity contribution in [2.45, 2.75) is 25.8 Å². The Morgan fingerprint density at radius 1 is 1.37 bits per heavy atom. The van der Waals surface area contributed by atoms with Crippen molar-refractivity contribution in [1.82, 2.24) is 20.4 Å². The van der Waals surface area contributed by atoms with Gasteiger partial charge in [0.1, 0.15) is 11.4 Å². The van der Waals surface area contributed by atoms with Gasteiger partial charge in [-0.05, 0) is 43.6 Å². The zero-order valence-corrected chi connectivity index (χ0v) is 10.9. The Labute approximate surface area is 110 Å². The zero-order chi connectivity index (χ0) is 13.6. The number of fused-ring (bicyclic) bond motifs is 1. The molecular formula is C13H16N6. The van der Waals surface area contributed by atoms with Gasteiger partial charge < -0.3 is 11.5 Å². The van der Waals surface area contributed by atoms with Crippen LogP contribution >= 0.6 is 0 Å². The summed E-state index contributed by atoms with van der Waals surface area (Å²) in [6, 6.07) is 1.86. The highest BCUT2D eigenvalue weighted by molar-refractivity contribution is 5.78. The van der Waals surface area contributed by atoms with Gasteiger partial charge in [0, 0.05) is 17.4 Å². The van der Waals surface area contributed by atoms with Crippen LogP contribution in [0.15, 0.2) is 29.6 Å². The number of rotatable bonds is 1. The van der Waals surface area contributed by atoms with Gasteiger partial charge in [-0.25, -0.2) is 0 Å². The number of nitrogens with zero attached hydrogens (tertiary/aromatic N) is 3. The number of aromatic nitrogens is 4. The van der Waals surface area contributed by atoms with Crippen LogP contribution in [-0.2, 0) is 0 Å². The van der Waals surface area contributed by atoms with Crippen molar-refractivity contribution in [2.24, 2.45) is 11.5 Å². The molecule has 0 saturated heterocycles. The molecule has 0 saturated carbocycles. The minimum Gasteiger partial charge on any atom is -0.399 e. The van der Waals surface area contributed by atoms with Crippen LogP contribution in [0.1, 0.15) is 26.0 Å². The first-order valence-corrected chi connectivity index (χ1v) is 6.11. The molecule has 1 atom stereocenters. The third-order valence-corrected chi connectivity index (χ3v) is 3.73. The standard InChI is InChI=1S/C13H16N6/c1-7-9(14)5-8(6-13(7,2)15)11-12-10(3-4-16-12)17-19-18-11/h3-5H,6,14-15H2,1-2H3,(H,17,18). The molecule has 0 spiro atoms. The summed E-state index contributed by atoms with van der Waals surface area (Å²) in [6.07, 6.45) is 4.31.